The first-order valence-corrected chi connectivity index (χ1v) is 10.6. The van der Waals surface area contributed by atoms with Gasteiger partial charge in [0, 0.05) is 24.5 Å². The van der Waals surface area contributed by atoms with Crippen molar-refractivity contribution >= 4 is 22.6 Å². The van der Waals surface area contributed by atoms with Gasteiger partial charge >= 0.3 is 5.97 Å². The van der Waals surface area contributed by atoms with Gasteiger partial charge in [0.1, 0.15) is 0 Å². The molecule has 0 bridgehead atoms. The normalized spacial score (nSPS) is 15.5. The number of carbonyl (C=O) groups is 2. The van der Waals surface area contributed by atoms with Gasteiger partial charge in [-0.05, 0) is 53.8 Å². The summed E-state index contributed by atoms with van der Waals surface area (Å²) in [6.07, 6.45) is 8.16. The number of hydrogen-bond acceptors (Lipinski definition) is 4. The number of esters is 1. The van der Waals surface area contributed by atoms with Gasteiger partial charge in [0.05, 0.1) is 5.56 Å². The molecule has 1 amide bonds. The topological polar surface area (TPSA) is 68.3 Å². The summed E-state index contributed by atoms with van der Waals surface area (Å²) in [6, 6.07) is 16.6. The molecule has 1 heterocycles. The highest BCUT2D eigenvalue weighted by Gasteiger charge is 2.26. The molecule has 0 saturated heterocycles. The lowest BCUT2D eigenvalue weighted by molar-refractivity contribution is -0.130. The Hall–Kier alpha value is -3.21. The van der Waals surface area contributed by atoms with Crippen LogP contribution in [0.2, 0.25) is 0 Å². The zero-order chi connectivity index (χ0) is 20.8. The van der Waals surface area contributed by atoms with Crippen LogP contribution in [-0.4, -0.2) is 23.4 Å². The molecule has 1 unspecified atom stereocenters. The second-order valence-corrected chi connectivity index (χ2v) is 7.88. The average Bonchev–Trinajstić information content (AvgIpc) is 2.81. The minimum absolute atomic E-state index is 0.291. The second kappa shape index (κ2) is 9.53. The zero-order valence-electron chi connectivity index (χ0n) is 16.9. The Labute approximate surface area is 176 Å². The summed E-state index contributed by atoms with van der Waals surface area (Å²) in [5, 5.41) is 5.00. The van der Waals surface area contributed by atoms with Crippen LogP contribution in [0.15, 0.2) is 67.0 Å². The van der Waals surface area contributed by atoms with Crippen molar-refractivity contribution in [2.75, 3.05) is 6.54 Å². The van der Waals surface area contributed by atoms with E-state index in [0.29, 0.717) is 23.6 Å². The van der Waals surface area contributed by atoms with Crippen molar-refractivity contribution in [1.29, 1.82) is 0 Å². The molecule has 5 nitrogen and oxygen atoms in total. The van der Waals surface area contributed by atoms with Crippen molar-refractivity contribution in [3.05, 3.63) is 78.1 Å². The lowest BCUT2D eigenvalue weighted by Gasteiger charge is -2.23. The molecule has 0 spiro atoms. The molecule has 1 aromatic heterocycles. The number of aromatic nitrogens is 1. The zero-order valence-corrected chi connectivity index (χ0v) is 16.9. The van der Waals surface area contributed by atoms with Gasteiger partial charge in [0.25, 0.3) is 5.91 Å². The number of rotatable bonds is 6. The fourth-order valence-corrected chi connectivity index (χ4v) is 4.03. The number of fused-ring (bicyclic) bond motifs is 1. The predicted molar refractivity (Wildman–Crippen MR) is 116 cm³/mol. The highest BCUT2D eigenvalue weighted by atomic mass is 16.5. The molecule has 1 aliphatic carbocycles. The minimum Gasteiger partial charge on any atom is -0.444 e. The highest BCUT2D eigenvalue weighted by Crippen LogP contribution is 2.24. The molecule has 2 aromatic carbocycles. The Kier molecular flexibility index (Phi) is 6.38. The number of carbonyl (C=O) groups excluding carboxylic acids is 2. The minimum atomic E-state index is -1.00. The van der Waals surface area contributed by atoms with Crippen LogP contribution in [0.25, 0.3) is 10.8 Å². The third-order valence-electron chi connectivity index (χ3n) is 5.75. The van der Waals surface area contributed by atoms with E-state index in [9.17, 15) is 9.59 Å². The summed E-state index contributed by atoms with van der Waals surface area (Å²) in [4.78, 5) is 29.8. The second-order valence-electron chi connectivity index (χ2n) is 7.88. The molecule has 5 heteroatoms. The van der Waals surface area contributed by atoms with Crippen LogP contribution in [-0.2, 0) is 9.53 Å². The van der Waals surface area contributed by atoms with E-state index in [-0.39, 0.29) is 5.91 Å². The molecule has 30 heavy (non-hydrogen) atoms. The van der Waals surface area contributed by atoms with E-state index < -0.39 is 12.1 Å². The maximum atomic E-state index is 13.0. The van der Waals surface area contributed by atoms with Gasteiger partial charge < -0.3 is 10.1 Å². The van der Waals surface area contributed by atoms with Gasteiger partial charge in [-0.3, -0.25) is 9.78 Å². The standard InChI is InChI=1S/C25H26N2O3/c28-24(27-17-18-6-2-1-3-7-18)23(20-12-14-26-15-13-20)30-25(29)22-11-10-19-8-4-5-9-21(19)16-22/h4-5,8-16,18,23H,1-3,6-7,17H2,(H,27,28). The maximum absolute atomic E-state index is 13.0. The molecule has 1 N–H and O–H groups in total. The molecular weight excluding hydrogens is 376 g/mol. The van der Waals surface area contributed by atoms with Crippen LogP contribution in [0.4, 0.5) is 0 Å². The van der Waals surface area contributed by atoms with Gasteiger partial charge in [-0.1, -0.05) is 49.6 Å². The molecular formula is C25H26N2O3. The monoisotopic (exact) mass is 402 g/mol. The Morgan fingerprint density at radius 2 is 1.70 bits per heavy atom. The van der Waals surface area contributed by atoms with Crippen molar-refractivity contribution in [2.45, 2.75) is 38.2 Å². The first-order valence-electron chi connectivity index (χ1n) is 10.6. The fourth-order valence-electron chi connectivity index (χ4n) is 4.03. The van der Waals surface area contributed by atoms with Crippen LogP contribution < -0.4 is 5.32 Å². The molecule has 1 saturated carbocycles. The number of benzene rings is 2. The third kappa shape index (κ3) is 4.85. The van der Waals surface area contributed by atoms with Crippen molar-refractivity contribution in [3.8, 4) is 0 Å². The van der Waals surface area contributed by atoms with E-state index >= 15 is 0 Å². The van der Waals surface area contributed by atoms with Crippen LogP contribution in [0.1, 0.15) is 54.1 Å². The molecule has 0 radical (unpaired) electrons. The van der Waals surface area contributed by atoms with Crippen LogP contribution in [0.5, 0.6) is 0 Å². The molecule has 1 fully saturated rings. The van der Waals surface area contributed by atoms with Crippen LogP contribution in [0, 0.1) is 5.92 Å². The summed E-state index contributed by atoms with van der Waals surface area (Å²) in [5.74, 6) is -0.312. The average molecular weight is 402 g/mol. The van der Waals surface area contributed by atoms with Crippen molar-refractivity contribution < 1.29 is 14.3 Å². The largest absolute Gasteiger partial charge is 0.444 e. The molecule has 154 valence electrons. The number of amides is 1. The number of ether oxygens (including phenoxy) is 1. The number of nitrogens with one attached hydrogen (secondary N) is 1. The summed E-state index contributed by atoms with van der Waals surface area (Å²) in [6.45, 7) is 0.619. The van der Waals surface area contributed by atoms with E-state index in [4.69, 9.17) is 4.74 Å². The van der Waals surface area contributed by atoms with E-state index in [1.807, 2.05) is 30.3 Å². The van der Waals surface area contributed by atoms with Crippen molar-refractivity contribution in [2.24, 2.45) is 5.92 Å². The van der Waals surface area contributed by atoms with Gasteiger partial charge in [0.15, 0.2) is 0 Å². The van der Waals surface area contributed by atoms with E-state index in [1.54, 1.807) is 36.7 Å². The van der Waals surface area contributed by atoms with Crippen LogP contribution in [0.3, 0.4) is 0 Å². The molecule has 0 aliphatic heterocycles. The smallest absolute Gasteiger partial charge is 0.339 e. The Morgan fingerprint density at radius 1 is 0.967 bits per heavy atom. The van der Waals surface area contributed by atoms with Gasteiger partial charge in [-0.2, -0.15) is 0 Å². The number of nitrogens with zero attached hydrogens (tertiary/aromatic N) is 1. The lowest BCUT2D eigenvalue weighted by atomic mass is 9.89. The van der Waals surface area contributed by atoms with Gasteiger partial charge in [-0.25, -0.2) is 4.79 Å². The summed E-state index contributed by atoms with van der Waals surface area (Å²) < 4.78 is 5.69. The summed E-state index contributed by atoms with van der Waals surface area (Å²) >= 11 is 0. The number of hydrogen-bond donors (Lipinski definition) is 1. The summed E-state index contributed by atoms with van der Waals surface area (Å²) in [5.41, 5.74) is 1.04. The lowest BCUT2D eigenvalue weighted by Crippen LogP contribution is -2.36. The fraction of sp³-hybridized carbons (Fsp3) is 0.320. The summed E-state index contributed by atoms with van der Waals surface area (Å²) in [7, 11) is 0. The Balaban J connectivity index is 1.50. The first-order chi connectivity index (χ1) is 14.7. The highest BCUT2D eigenvalue weighted by molar-refractivity contribution is 5.97. The Morgan fingerprint density at radius 3 is 2.47 bits per heavy atom. The van der Waals surface area contributed by atoms with Crippen molar-refractivity contribution in [3.63, 3.8) is 0 Å². The Bertz CT molecular complexity index is 1010. The molecule has 3 aromatic rings. The van der Waals surface area contributed by atoms with Crippen molar-refractivity contribution in [1.82, 2.24) is 10.3 Å². The maximum Gasteiger partial charge on any atom is 0.339 e. The van der Waals surface area contributed by atoms with E-state index in [1.165, 1.54) is 19.3 Å². The SMILES string of the molecule is O=C(OC(C(=O)NCC1CCCCC1)c1ccncc1)c1ccc2ccccc2c1. The van der Waals surface area contributed by atoms with E-state index in [0.717, 1.165) is 23.6 Å². The van der Waals surface area contributed by atoms with E-state index in [2.05, 4.69) is 10.3 Å². The van der Waals surface area contributed by atoms with Gasteiger partial charge in [0.2, 0.25) is 6.10 Å². The molecule has 1 atom stereocenters. The quantitative estimate of drug-likeness (QED) is 0.600. The number of pyridine rings is 1. The third-order valence-corrected chi connectivity index (χ3v) is 5.75. The van der Waals surface area contributed by atoms with Crippen LogP contribution >= 0.6 is 0 Å². The molecule has 4 rings (SSSR count). The first kappa shape index (κ1) is 20.1. The predicted octanol–water partition coefficient (Wildman–Crippen LogP) is 4.83. The van der Waals surface area contributed by atoms with Gasteiger partial charge in [-0.15, -0.1) is 0 Å². The molecule has 1 aliphatic rings.